The molecule has 2 aromatic heterocycles. The quantitative estimate of drug-likeness (QED) is 0.180. The fourth-order valence-corrected chi connectivity index (χ4v) is 4.78. The highest BCUT2D eigenvalue weighted by Gasteiger charge is 2.09. The van der Waals surface area contributed by atoms with Gasteiger partial charge in [-0.05, 0) is 35.7 Å². The topological polar surface area (TPSA) is 7.76 Å². The molecule has 0 amide bonds. The Morgan fingerprint density at radius 1 is 0.469 bits per heavy atom. The van der Waals surface area contributed by atoms with E-state index in [1.165, 1.54) is 84.3 Å². The zero-order chi connectivity index (χ0) is 22.2. The molecular weight excluding hydrogens is 388 g/mol. The van der Waals surface area contributed by atoms with Crippen LogP contribution in [0.25, 0.3) is 21.5 Å². The van der Waals surface area contributed by atoms with Gasteiger partial charge in [0.25, 0.3) is 0 Å². The molecule has 0 atom stereocenters. The van der Waals surface area contributed by atoms with E-state index in [0.717, 1.165) is 13.1 Å². The number of nitrogens with zero attached hydrogens (tertiary/aromatic N) is 2. The molecule has 32 heavy (non-hydrogen) atoms. The van der Waals surface area contributed by atoms with Crippen LogP contribution in [0.2, 0.25) is 0 Å². The summed E-state index contributed by atoms with van der Waals surface area (Å²) in [6.45, 7) is 6.73. The third-order valence-electron chi connectivity index (χ3n) is 6.76. The second kappa shape index (κ2) is 11.2. The summed E-state index contributed by atoms with van der Waals surface area (Å²) in [6.07, 6.45) is 15.4. The first-order valence-electron chi connectivity index (χ1n) is 12.5. The van der Waals surface area contributed by atoms with Gasteiger partial charge in [-0.25, -0.2) is 9.13 Å². The van der Waals surface area contributed by atoms with Crippen molar-refractivity contribution in [3.63, 3.8) is 0 Å². The summed E-state index contributed by atoms with van der Waals surface area (Å²) in [5, 5.41) is 5.37. The number of fused-ring (bicyclic) bond motifs is 2. The van der Waals surface area contributed by atoms with Crippen molar-refractivity contribution in [1.82, 2.24) is 0 Å². The van der Waals surface area contributed by atoms with Crippen molar-refractivity contribution in [2.24, 2.45) is 0 Å². The van der Waals surface area contributed by atoms with Gasteiger partial charge in [0, 0.05) is 49.6 Å². The van der Waals surface area contributed by atoms with Crippen molar-refractivity contribution in [3.05, 3.63) is 84.4 Å². The van der Waals surface area contributed by atoms with Crippen LogP contribution in [0.5, 0.6) is 0 Å². The molecule has 2 heteroatoms. The lowest BCUT2D eigenvalue weighted by molar-refractivity contribution is -0.702. The van der Waals surface area contributed by atoms with Crippen molar-refractivity contribution in [2.45, 2.75) is 78.3 Å². The summed E-state index contributed by atoms with van der Waals surface area (Å²) in [7, 11) is 0. The molecule has 0 aliphatic heterocycles. The minimum Gasteiger partial charge on any atom is -0.202 e. The minimum absolute atomic E-state index is 1.14. The van der Waals surface area contributed by atoms with Crippen LogP contribution in [0, 0.1) is 13.8 Å². The average Bonchev–Trinajstić information content (AvgIpc) is 2.80. The van der Waals surface area contributed by atoms with Gasteiger partial charge < -0.3 is 0 Å². The first kappa shape index (κ1) is 22.5. The molecule has 0 aliphatic carbocycles. The van der Waals surface area contributed by atoms with Crippen LogP contribution in [0.3, 0.4) is 0 Å². The van der Waals surface area contributed by atoms with Gasteiger partial charge in [0.1, 0.15) is 13.1 Å². The van der Waals surface area contributed by atoms with Gasteiger partial charge in [0.15, 0.2) is 23.8 Å². The molecule has 0 fully saturated rings. The Morgan fingerprint density at radius 2 is 0.812 bits per heavy atom. The SMILES string of the molecule is Cc1cc2ccccc2c[n+]1CCCCCCCCCC[n+]1cc2ccccc2cc1C. The van der Waals surface area contributed by atoms with Crippen molar-refractivity contribution in [3.8, 4) is 0 Å². The summed E-state index contributed by atoms with van der Waals surface area (Å²) in [6, 6.07) is 22.0. The third-order valence-corrected chi connectivity index (χ3v) is 6.76. The van der Waals surface area contributed by atoms with Gasteiger partial charge in [0.2, 0.25) is 0 Å². The van der Waals surface area contributed by atoms with Gasteiger partial charge in [0.05, 0.1) is 0 Å². The highest BCUT2D eigenvalue weighted by Crippen LogP contribution is 2.14. The van der Waals surface area contributed by atoms with E-state index in [1.54, 1.807) is 0 Å². The second-order valence-corrected chi connectivity index (χ2v) is 9.30. The number of hydrogen-bond donors (Lipinski definition) is 0. The smallest absolute Gasteiger partial charge is 0.178 e. The first-order valence-corrected chi connectivity index (χ1v) is 12.5. The summed E-state index contributed by atoms with van der Waals surface area (Å²) < 4.78 is 4.85. The van der Waals surface area contributed by atoms with E-state index in [9.17, 15) is 0 Å². The van der Waals surface area contributed by atoms with E-state index in [2.05, 4.69) is 96.0 Å². The highest BCUT2D eigenvalue weighted by molar-refractivity contribution is 5.81. The van der Waals surface area contributed by atoms with E-state index < -0.39 is 0 Å². The maximum atomic E-state index is 2.43. The Kier molecular flexibility index (Phi) is 7.87. The van der Waals surface area contributed by atoms with Crippen molar-refractivity contribution in [2.75, 3.05) is 0 Å². The number of aryl methyl sites for hydroxylation is 4. The van der Waals surface area contributed by atoms with E-state index in [1.807, 2.05) is 0 Å². The van der Waals surface area contributed by atoms with Crippen LogP contribution in [-0.2, 0) is 13.1 Å². The number of aromatic nitrogens is 2. The Bertz CT molecular complexity index is 1070. The second-order valence-electron chi connectivity index (χ2n) is 9.30. The predicted octanol–water partition coefficient (Wildman–Crippen LogP) is 7.01. The van der Waals surface area contributed by atoms with E-state index in [0.29, 0.717) is 0 Å². The minimum atomic E-state index is 1.14. The van der Waals surface area contributed by atoms with Gasteiger partial charge in [-0.3, -0.25) is 0 Å². The van der Waals surface area contributed by atoms with Crippen LogP contribution in [0.4, 0.5) is 0 Å². The fraction of sp³-hybridized carbons (Fsp3) is 0.400. The molecule has 4 aromatic rings. The number of pyridine rings is 2. The molecule has 0 spiro atoms. The summed E-state index contributed by atoms with van der Waals surface area (Å²) in [5.41, 5.74) is 2.73. The maximum absolute atomic E-state index is 2.43. The molecule has 0 saturated carbocycles. The third kappa shape index (κ3) is 5.94. The van der Waals surface area contributed by atoms with Gasteiger partial charge in [-0.2, -0.15) is 0 Å². The molecule has 2 aromatic carbocycles. The Labute approximate surface area is 193 Å². The van der Waals surface area contributed by atoms with Crippen LogP contribution in [0.1, 0.15) is 62.8 Å². The Morgan fingerprint density at radius 3 is 1.22 bits per heavy atom. The van der Waals surface area contributed by atoms with Gasteiger partial charge >= 0.3 is 0 Å². The lowest BCUT2D eigenvalue weighted by Gasteiger charge is -2.05. The first-order chi connectivity index (χ1) is 15.7. The molecule has 2 heterocycles. The number of rotatable bonds is 11. The number of unbranched alkanes of at least 4 members (excludes halogenated alkanes) is 7. The zero-order valence-electron chi connectivity index (χ0n) is 19.9. The Hall–Kier alpha value is -2.74. The normalized spacial score (nSPS) is 11.4. The summed E-state index contributed by atoms with van der Waals surface area (Å²) in [4.78, 5) is 0. The molecule has 2 nitrogen and oxygen atoms in total. The molecule has 166 valence electrons. The van der Waals surface area contributed by atoms with Crippen molar-refractivity contribution in [1.29, 1.82) is 0 Å². The highest BCUT2D eigenvalue weighted by atomic mass is 15.0. The van der Waals surface area contributed by atoms with Crippen LogP contribution in [-0.4, -0.2) is 0 Å². The van der Waals surface area contributed by atoms with E-state index in [-0.39, 0.29) is 0 Å². The lowest BCUT2D eigenvalue weighted by atomic mass is 10.1. The number of benzene rings is 2. The molecule has 0 radical (unpaired) electrons. The summed E-state index contributed by atoms with van der Waals surface area (Å²) in [5.74, 6) is 0. The molecule has 0 N–H and O–H groups in total. The van der Waals surface area contributed by atoms with Crippen molar-refractivity contribution >= 4 is 21.5 Å². The van der Waals surface area contributed by atoms with Gasteiger partial charge in [-0.15, -0.1) is 0 Å². The van der Waals surface area contributed by atoms with Gasteiger partial charge in [-0.1, -0.05) is 62.1 Å². The van der Waals surface area contributed by atoms with E-state index in [4.69, 9.17) is 0 Å². The standard InChI is InChI=1S/C30H38N2/c1-25-21-27-15-9-11-17-29(27)23-31(25)19-13-7-5-3-4-6-8-14-20-32-24-30-18-12-10-16-28(30)22-26(32)2/h9-12,15-18,21-24H,3-8,13-14,19-20H2,1-2H3/q+2. The van der Waals surface area contributed by atoms with E-state index >= 15 is 0 Å². The molecule has 0 aliphatic rings. The summed E-state index contributed by atoms with van der Waals surface area (Å²) >= 11 is 0. The van der Waals surface area contributed by atoms with Crippen LogP contribution >= 0.6 is 0 Å². The fourth-order valence-electron chi connectivity index (χ4n) is 4.78. The number of hydrogen-bond acceptors (Lipinski definition) is 0. The largest absolute Gasteiger partial charge is 0.202 e. The molecular formula is C30H38N2+2. The van der Waals surface area contributed by atoms with Crippen LogP contribution < -0.4 is 9.13 Å². The predicted molar refractivity (Wildman–Crippen MR) is 135 cm³/mol. The monoisotopic (exact) mass is 426 g/mol. The molecule has 0 unspecified atom stereocenters. The average molecular weight is 427 g/mol. The maximum Gasteiger partial charge on any atom is 0.178 e. The Balaban J connectivity index is 1.09. The van der Waals surface area contributed by atoms with Crippen molar-refractivity contribution < 1.29 is 9.13 Å². The molecule has 0 bridgehead atoms. The molecule has 4 rings (SSSR count). The zero-order valence-corrected chi connectivity index (χ0v) is 19.9. The lowest BCUT2D eigenvalue weighted by Crippen LogP contribution is -2.36. The molecule has 0 saturated heterocycles. The van der Waals surface area contributed by atoms with Crippen LogP contribution in [0.15, 0.2) is 73.1 Å².